The summed E-state index contributed by atoms with van der Waals surface area (Å²) in [5.74, 6) is 1.62. The van der Waals surface area contributed by atoms with Gasteiger partial charge >= 0.3 is 0 Å². The van der Waals surface area contributed by atoms with Gasteiger partial charge in [-0.05, 0) is 54.7 Å². The van der Waals surface area contributed by atoms with Gasteiger partial charge in [0, 0.05) is 31.3 Å². The van der Waals surface area contributed by atoms with Crippen LogP contribution in [-0.4, -0.2) is 39.7 Å². The van der Waals surface area contributed by atoms with Gasteiger partial charge in [-0.2, -0.15) is 0 Å². The molecule has 2 amide bonds. The largest absolute Gasteiger partial charge is 0.493 e. The second-order valence-electron chi connectivity index (χ2n) is 7.16. The molecule has 7 nitrogen and oxygen atoms in total. The van der Waals surface area contributed by atoms with Crippen molar-refractivity contribution in [2.24, 2.45) is 0 Å². The van der Waals surface area contributed by atoms with Crippen LogP contribution in [0.25, 0.3) is 0 Å². The van der Waals surface area contributed by atoms with Gasteiger partial charge in [0.05, 0.1) is 21.3 Å². The summed E-state index contributed by atoms with van der Waals surface area (Å²) < 4.78 is 16.2. The van der Waals surface area contributed by atoms with Crippen molar-refractivity contribution in [1.29, 1.82) is 0 Å². The summed E-state index contributed by atoms with van der Waals surface area (Å²) in [4.78, 5) is 26.1. The number of methoxy groups -OCH3 is 3. The Bertz CT molecular complexity index is 941. The third-order valence-corrected chi connectivity index (χ3v) is 5.27. The lowest BCUT2D eigenvalue weighted by Crippen LogP contribution is -2.33. The fraction of sp³-hybridized carbons (Fsp3) is 0.391. The van der Waals surface area contributed by atoms with Gasteiger partial charge < -0.3 is 24.4 Å². The van der Waals surface area contributed by atoms with Crippen molar-refractivity contribution in [3.05, 3.63) is 41.5 Å². The summed E-state index contributed by atoms with van der Waals surface area (Å²) in [6, 6.07) is 9.39. The highest BCUT2D eigenvalue weighted by Crippen LogP contribution is 2.40. The van der Waals surface area contributed by atoms with E-state index in [9.17, 15) is 9.59 Å². The average Bonchev–Trinajstić information content (AvgIpc) is 2.76. The van der Waals surface area contributed by atoms with Crippen molar-refractivity contribution in [2.75, 3.05) is 38.1 Å². The fourth-order valence-corrected chi connectivity index (χ4v) is 3.83. The van der Waals surface area contributed by atoms with Crippen LogP contribution in [-0.2, 0) is 22.4 Å². The zero-order valence-corrected chi connectivity index (χ0v) is 17.9. The molecule has 1 aliphatic rings. The Morgan fingerprint density at radius 2 is 1.80 bits per heavy atom. The zero-order valence-electron chi connectivity index (χ0n) is 17.9. The van der Waals surface area contributed by atoms with E-state index in [0.29, 0.717) is 30.1 Å². The van der Waals surface area contributed by atoms with Crippen molar-refractivity contribution >= 4 is 23.2 Å². The molecule has 0 aromatic heterocycles. The molecular weight excluding hydrogens is 384 g/mol. The number of nitrogens with zero attached hydrogens (tertiary/aromatic N) is 1. The third kappa shape index (κ3) is 4.50. The van der Waals surface area contributed by atoms with E-state index in [4.69, 9.17) is 14.2 Å². The van der Waals surface area contributed by atoms with Crippen LogP contribution in [0, 0.1) is 0 Å². The number of amides is 2. The van der Waals surface area contributed by atoms with Crippen molar-refractivity contribution < 1.29 is 23.8 Å². The van der Waals surface area contributed by atoms with Crippen LogP contribution in [0.4, 0.5) is 11.4 Å². The van der Waals surface area contributed by atoms with Crippen LogP contribution in [0.15, 0.2) is 30.3 Å². The molecule has 0 atom stereocenters. The maximum Gasteiger partial charge on any atom is 0.224 e. The molecular formula is C23H28N2O5. The molecule has 1 N–H and O–H groups in total. The number of carbonyl (C=O) groups is 2. The first-order valence-electron chi connectivity index (χ1n) is 9.97. The number of anilines is 2. The molecule has 2 aromatic rings. The molecule has 7 heteroatoms. The molecule has 0 saturated heterocycles. The van der Waals surface area contributed by atoms with E-state index >= 15 is 0 Å². The summed E-state index contributed by atoms with van der Waals surface area (Å²) >= 11 is 0. The molecule has 0 bridgehead atoms. The van der Waals surface area contributed by atoms with E-state index in [1.165, 1.54) is 0 Å². The molecule has 0 unspecified atom stereocenters. The van der Waals surface area contributed by atoms with Crippen molar-refractivity contribution in [1.82, 2.24) is 0 Å². The SMILES string of the molecule is COc1ccc(CCC(=O)Nc2ccc3c(c2)CCCN3C(C)=O)c(OC)c1OC. The lowest BCUT2D eigenvalue weighted by molar-refractivity contribution is -0.117. The maximum atomic E-state index is 12.5. The first-order valence-corrected chi connectivity index (χ1v) is 9.97. The zero-order chi connectivity index (χ0) is 21.7. The van der Waals surface area contributed by atoms with E-state index in [2.05, 4.69) is 5.32 Å². The van der Waals surface area contributed by atoms with Gasteiger partial charge in [0.15, 0.2) is 11.5 Å². The van der Waals surface area contributed by atoms with Crippen molar-refractivity contribution in [3.63, 3.8) is 0 Å². The summed E-state index contributed by atoms with van der Waals surface area (Å²) in [6.45, 7) is 2.31. The van der Waals surface area contributed by atoms with Crippen LogP contribution in [0.2, 0.25) is 0 Å². The van der Waals surface area contributed by atoms with Gasteiger partial charge in [-0.25, -0.2) is 0 Å². The van der Waals surface area contributed by atoms with Crippen LogP contribution < -0.4 is 24.4 Å². The van der Waals surface area contributed by atoms with Crippen LogP contribution in [0.3, 0.4) is 0 Å². The fourth-order valence-electron chi connectivity index (χ4n) is 3.83. The molecule has 0 spiro atoms. The molecule has 0 saturated carbocycles. The van der Waals surface area contributed by atoms with E-state index in [1.807, 2.05) is 24.3 Å². The lowest BCUT2D eigenvalue weighted by Gasteiger charge is -2.29. The molecule has 1 heterocycles. The lowest BCUT2D eigenvalue weighted by atomic mass is 10.0. The maximum absolute atomic E-state index is 12.5. The van der Waals surface area contributed by atoms with E-state index in [-0.39, 0.29) is 11.8 Å². The van der Waals surface area contributed by atoms with Crippen LogP contribution >= 0.6 is 0 Å². The van der Waals surface area contributed by atoms with Gasteiger partial charge in [-0.15, -0.1) is 0 Å². The van der Waals surface area contributed by atoms with Crippen LogP contribution in [0.1, 0.15) is 30.9 Å². The van der Waals surface area contributed by atoms with Gasteiger partial charge in [0.1, 0.15) is 0 Å². The number of fused-ring (bicyclic) bond motifs is 1. The normalized spacial score (nSPS) is 12.7. The number of hydrogen-bond acceptors (Lipinski definition) is 5. The minimum absolute atomic E-state index is 0.0385. The summed E-state index contributed by atoms with van der Waals surface area (Å²) in [5, 5.41) is 2.96. The highest BCUT2D eigenvalue weighted by molar-refractivity contribution is 5.94. The molecule has 3 rings (SSSR count). The summed E-state index contributed by atoms with van der Waals surface area (Å²) in [5.41, 5.74) is 3.62. The number of ether oxygens (including phenoxy) is 3. The Morgan fingerprint density at radius 3 is 2.47 bits per heavy atom. The first-order chi connectivity index (χ1) is 14.5. The quantitative estimate of drug-likeness (QED) is 0.752. The Hall–Kier alpha value is -3.22. The van der Waals surface area contributed by atoms with Gasteiger partial charge in [-0.3, -0.25) is 9.59 Å². The predicted octanol–water partition coefficient (Wildman–Crippen LogP) is 3.58. The molecule has 160 valence electrons. The van der Waals surface area contributed by atoms with E-state index < -0.39 is 0 Å². The Labute approximate surface area is 176 Å². The second-order valence-corrected chi connectivity index (χ2v) is 7.16. The number of rotatable bonds is 7. The molecule has 0 aliphatic carbocycles. The van der Waals surface area contributed by atoms with Crippen molar-refractivity contribution in [3.8, 4) is 17.2 Å². The monoisotopic (exact) mass is 412 g/mol. The highest BCUT2D eigenvalue weighted by atomic mass is 16.5. The average molecular weight is 412 g/mol. The van der Waals surface area contributed by atoms with Gasteiger partial charge in [-0.1, -0.05) is 6.07 Å². The Morgan fingerprint density at radius 1 is 1.03 bits per heavy atom. The van der Waals surface area contributed by atoms with Gasteiger partial charge in [0.2, 0.25) is 17.6 Å². The third-order valence-electron chi connectivity index (χ3n) is 5.27. The molecule has 1 aliphatic heterocycles. The predicted molar refractivity (Wildman–Crippen MR) is 116 cm³/mol. The number of carbonyl (C=O) groups excluding carboxylic acids is 2. The Balaban J connectivity index is 1.68. The Kier molecular flexibility index (Phi) is 6.82. The minimum Gasteiger partial charge on any atom is -0.493 e. The standard InChI is InChI=1S/C23H28N2O5/c1-15(26)25-13-5-6-17-14-18(9-10-19(17)25)24-21(27)12-8-16-7-11-20(28-2)23(30-4)22(16)29-3/h7,9-11,14H,5-6,8,12-13H2,1-4H3,(H,24,27). The van der Waals surface area contributed by atoms with E-state index in [0.717, 1.165) is 41.9 Å². The molecule has 0 radical (unpaired) electrons. The second kappa shape index (κ2) is 9.52. The van der Waals surface area contributed by atoms with Crippen LogP contribution in [0.5, 0.6) is 17.2 Å². The number of benzene rings is 2. The smallest absolute Gasteiger partial charge is 0.224 e. The van der Waals surface area contributed by atoms with E-state index in [1.54, 1.807) is 39.2 Å². The molecule has 30 heavy (non-hydrogen) atoms. The first kappa shape index (κ1) is 21.5. The summed E-state index contributed by atoms with van der Waals surface area (Å²) in [7, 11) is 4.69. The number of aryl methyl sites for hydroxylation is 2. The highest BCUT2D eigenvalue weighted by Gasteiger charge is 2.20. The number of nitrogens with one attached hydrogen (secondary N) is 1. The molecule has 0 fully saturated rings. The minimum atomic E-state index is -0.0916. The number of hydrogen-bond donors (Lipinski definition) is 1. The summed E-state index contributed by atoms with van der Waals surface area (Å²) in [6.07, 6.45) is 2.61. The molecule has 2 aromatic carbocycles. The topological polar surface area (TPSA) is 77.1 Å². The van der Waals surface area contributed by atoms with Crippen molar-refractivity contribution in [2.45, 2.75) is 32.6 Å². The van der Waals surface area contributed by atoms with Gasteiger partial charge in [0.25, 0.3) is 0 Å².